The maximum atomic E-state index is 5.90. The van der Waals surface area contributed by atoms with Gasteiger partial charge in [-0.2, -0.15) is 0 Å². The lowest BCUT2D eigenvalue weighted by Gasteiger charge is -2.09. The molecule has 0 unspecified atom stereocenters. The highest BCUT2D eigenvalue weighted by molar-refractivity contribution is 5.65. The van der Waals surface area contributed by atoms with Crippen LogP contribution in [0, 0.1) is 27.7 Å². The molecule has 7 aromatic carbocycles. The fourth-order valence-electron chi connectivity index (χ4n) is 5.00. The summed E-state index contributed by atoms with van der Waals surface area (Å²) in [4.78, 5) is 0. The lowest BCUT2D eigenvalue weighted by molar-refractivity contribution is 0.460. The van der Waals surface area contributed by atoms with Gasteiger partial charge >= 0.3 is 0 Å². The van der Waals surface area contributed by atoms with Gasteiger partial charge in [0.25, 0.3) is 0 Å². The van der Waals surface area contributed by atoms with E-state index in [1.165, 1.54) is 22.3 Å². The van der Waals surface area contributed by atoms with Gasteiger partial charge in [-0.25, -0.2) is 0 Å². The van der Waals surface area contributed by atoms with E-state index in [1.807, 2.05) is 146 Å². The van der Waals surface area contributed by atoms with Crippen molar-refractivity contribution >= 4 is 0 Å². The molecule has 7 rings (SSSR count). The van der Waals surface area contributed by atoms with Gasteiger partial charge in [0.15, 0.2) is 0 Å². The van der Waals surface area contributed by atoms with Gasteiger partial charge in [-0.3, -0.25) is 0 Å². The van der Waals surface area contributed by atoms with E-state index in [4.69, 9.17) is 18.9 Å². The molecule has 0 aromatic heterocycles. The number of aryl methyl sites for hydroxylation is 4. The van der Waals surface area contributed by atoms with Crippen LogP contribution in [0.1, 0.15) is 22.3 Å². The van der Waals surface area contributed by atoms with Crippen molar-refractivity contribution in [2.45, 2.75) is 27.7 Å². The Bertz CT molecular complexity index is 1930. The Balaban J connectivity index is 0.000000178. The minimum atomic E-state index is 0.758. The van der Waals surface area contributed by atoms with Crippen molar-refractivity contribution in [2.75, 3.05) is 0 Å². The van der Waals surface area contributed by atoms with Gasteiger partial charge in [0.05, 0.1) is 0 Å². The van der Waals surface area contributed by atoms with Crippen molar-refractivity contribution in [3.05, 3.63) is 192 Å². The molecular formula is C46H40O4. The third-order valence-corrected chi connectivity index (χ3v) is 7.87. The molecule has 0 heterocycles. The van der Waals surface area contributed by atoms with Gasteiger partial charge in [-0.05, 0) is 124 Å². The summed E-state index contributed by atoms with van der Waals surface area (Å²) in [6, 6.07) is 56.0. The van der Waals surface area contributed by atoms with E-state index in [1.54, 1.807) is 0 Å². The van der Waals surface area contributed by atoms with Crippen molar-refractivity contribution < 1.29 is 18.9 Å². The molecule has 0 fully saturated rings. The highest BCUT2D eigenvalue weighted by Gasteiger charge is 2.04. The Kier molecular flexibility index (Phi) is 10.9. The van der Waals surface area contributed by atoms with Crippen LogP contribution in [0.5, 0.6) is 46.0 Å². The normalized spacial score (nSPS) is 10.4. The van der Waals surface area contributed by atoms with Gasteiger partial charge in [-0.1, -0.05) is 101 Å². The second kappa shape index (κ2) is 16.2. The largest absolute Gasteiger partial charge is 0.457 e. The van der Waals surface area contributed by atoms with Gasteiger partial charge in [0, 0.05) is 6.07 Å². The average molecular weight is 657 g/mol. The quantitative estimate of drug-likeness (QED) is 0.155. The molecule has 7 aromatic rings. The van der Waals surface area contributed by atoms with E-state index >= 15 is 0 Å². The van der Waals surface area contributed by atoms with E-state index in [0.717, 1.165) is 57.1 Å². The molecule has 0 atom stereocenters. The highest BCUT2D eigenvalue weighted by atomic mass is 16.5. The van der Waals surface area contributed by atoms with Crippen molar-refractivity contribution in [2.24, 2.45) is 0 Å². The molecule has 4 nitrogen and oxygen atoms in total. The first kappa shape index (κ1) is 33.6. The summed E-state index contributed by atoms with van der Waals surface area (Å²) in [5.41, 5.74) is 7.14. The Labute approximate surface area is 295 Å². The smallest absolute Gasteiger partial charge is 0.131 e. The summed E-state index contributed by atoms with van der Waals surface area (Å²) < 4.78 is 23.5. The molecule has 0 spiro atoms. The van der Waals surface area contributed by atoms with Crippen LogP contribution in [-0.4, -0.2) is 0 Å². The topological polar surface area (TPSA) is 36.9 Å². The second-order valence-corrected chi connectivity index (χ2v) is 12.2. The molecule has 50 heavy (non-hydrogen) atoms. The molecule has 4 heteroatoms. The summed E-state index contributed by atoms with van der Waals surface area (Å²) >= 11 is 0. The zero-order valence-electron chi connectivity index (χ0n) is 28.8. The lowest BCUT2D eigenvalue weighted by Crippen LogP contribution is -1.87. The fraction of sp³-hybridized carbons (Fsp3) is 0.0870. The lowest BCUT2D eigenvalue weighted by atomic mass is 10.1. The van der Waals surface area contributed by atoms with Crippen LogP contribution < -0.4 is 18.9 Å². The molecule has 0 radical (unpaired) electrons. The summed E-state index contributed by atoms with van der Waals surface area (Å²) in [6.45, 7) is 8.24. The molecule has 248 valence electrons. The maximum Gasteiger partial charge on any atom is 0.131 e. The van der Waals surface area contributed by atoms with E-state index in [-0.39, 0.29) is 0 Å². The van der Waals surface area contributed by atoms with Crippen molar-refractivity contribution in [1.29, 1.82) is 0 Å². The number of hydrogen-bond donors (Lipinski definition) is 0. The molecule has 0 bridgehead atoms. The number of benzene rings is 7. The third-order valence-electron chi connectivity index (χ3n) is 7.87. The first-order chi connectivity index (χ1) is 24.3. The van der Waals surface area contributed by atoms with Gasteiger partial charge in [0.1, 0.15) is 46.0 Å². The van der Waals surface area contributed by atoms with Crippen LogP contribution in [0.25, 0.3) is 11.1 Å². The van der Waals surface area contributed by atoms with Crippen LogP contribution in [0.15, 0.2) is 170 Å². The van der Waals surface area contributed by atoms with Crippen molar-refractivity contribution in [3.63, 3.8) is 0 Å². The predicted octanol–water partition coefficient (Wildman–Crippen LogP) is 13.4. The number of ether oxygens (including phenoxy) is 4. The minimum absolute atomic E-state index is 0.758. The Morgan fingerprint density at radius 3 is 0.720 bits per heavy atom. The summed E-state index contributed by atoms with van der Waals surface area (Å²) in [6.07, 6.45) is 0. The zero-order valence-corrected chi connectivity index (χ0v) is 28.8. The fourth-order valence-corrected chi connectivity index (χ4v) is 5.00. The summed E-state index contributed by atoms with van der Waals surface area (Å²) in [5.74, 6) is 6.49. The van der Waals surface area contributed by atoms with Crippen LogP contribution in [0.4, 0.5) is 0 Å². The zero-order chi connectivity index (χ0) is 34.7. The average Bonchev–Trinajstić information content (AvgIpc) is 3.13. The standard InChI is InChI=1S/C26H22O2.C20H18O2/c1-19-3-11-23(12-4-19)27-25-15-7-21(8-16-25)22-9-17-26(18-10-22)28-24-13-5-20(2)6-14-24;1-15-6-10-17(11-7-15)21-19-4-3-5-20(14-19)22-18-12-8-16(2)9-13-18/h3-18H,1-2H3;3-14H,1-2H3. The van der Waals surface area contributed by atoms with Crippen LogP contribution in [-0.2, 0) is 0 Å². The Morgan fingerprint density at radius 1 is 0.240 bits per heavy atom. The van der Waals surface area contributed by atoms with E-state index < -0.39 is 0 Å². The third kappa shape index (κ3) is 9.88. The van der Waals surface area contributed by atoms with Crippen LogP contribution >= 0.6 is 0 Å². The molecule has 0 aliphatic heterocycles. The first-order valence-electron chi connectivity index (χ1n) is 16.6. The number of rotatable bonds is 9. The van der Waals surface area contributed by atoms with Crippen molar-refractivity contribution in [1.82, 2.24) is 0 Å². The minimum Gasteiger partial charge on any atom is -0.457 e. The van der Waals surface area contributed by atoms with Gasteiger partial charge < -0.3 is 18.9 Å². The summed E-state index contributed by atoms with van der Waals surface area (Å²) in [7, 11) is 0. The van der Waals surface area contributed by atoms with Gasteiger partial charge in [0.2, 0.25) is 0 Å². The van der Waals surface area contributed by atoms with Crippen LogP contribution in [0.3, 0.4) is 0 Å². The highest BCUT2D eigenvalue weighted by Crippen LogP contribution is 2.30. The Morgan fingerprint density at radius 2 is 0.460 bits per heavy atom. The van der Waals surface area contributed by atoms with Crippen LogP contribution in [0.2, 0.25) is 0 Å². The molecule has 0 aliphatic rings. The van der Waals surface area contributed by atoms with Crippen molar-refractivity contribution in [3.8, 4) is 57.1 Å². The SMILES string of the molecule is Cc1ccc(Oc2ccc(-c3ccc(Oc4ccc(C)cc4)cc3)cc2)cc1.Cc1ccc(Oc2cccc(Oc3ccc(C)cc3)c2)cc1. The monoisotopic (exact) mass is 656 g/mol. The second-order valence-electron chi connectivity index (χ2n) is 12.2. The molecule has 0 saturated carbocycles. The number of hydrogen-bond acceptors (Lipinski definition) is 4. The summed E-state index contributed by atoms with van der Waals surface area (Å²) in [5, 5.41) is 0. The van der Waals surface area contributed by atoms with E-state index in [2.05, 4.69) is 52.0 Å². The maximum absolute atomic E-state index is 5.90. The molecule has 0 amide bonds. The van der Waals surface area contributed by atoms with E-state index in [0.29, 0.717) is 0 Å². The first-order valence-corrected chi connectivity index (χ1v) is 16.6. The van der Waals surface area contributed by atoms with E-state index in [9.17, 15) is 0 Å². The predicted molar refractivity (Wildman–Crippen MR) is 203 cm³/mol. The Hall–Kier alpha value is -6.26. The molecular weight excluding hydrogens is 617 g/mol. The van der Waals surface area contributed by atoms with Gasteiger partial charge in [-0.15, -0.1) is 0 Å². The molecule has 0 aliphatic carbocycles. The molecule has 0 N–H and O–H groups in total. The molecule has 0 saturated heterocycles.